The molecule has 0 aromatic heterocycles. The van der Waals surface area contributed by atoms with Crippen LogP contribution in [0.5, 0.6) is 0 Å². The van der Waals surface area contributed by atoms with Gasteiger partial charge in [0, 0.05) is 6.08 Å². The van der Waals surface area contributed by atoms with Gasteiger partial charge in [-0.15, -0.1) is 0 Å². The lowest BCUT2D eigenvalue weighted by Crippen LogP contribution is -2.28. The third-order valence-electron chi connectivity index (χ3n) is 4.48. The molecule has 0 heterocycles. The molecule has 2 aliphatic carbocycles. The maximum atomic E-state index is 11.1. The molecular weight excluding hydrogens is 212 g/mol. The standard InChI is InChI=1S/C15H24O2/c1-2-15(16)17-14-10-8-13(9-11-14)12-6-4-3-5-7-12/h2,12-14H,1,3-11H2. The highest BCUT2D eigenvalue weighted by molar-refractivity contribution is 5.81. The molecule has 96 valence electrons. The third-order valence-corrected chi connectivity index (χ3v) is 4.48. The fourth-order valence-corrected chi connectivity index (χ4v) is 3.50. The van der Waals surface area contributed by atoms with Crippen molar-refractivity contribution < 1.29 is 9.53 Å². The molecule has 0 N–H and O–H groups in total. The fourth-order valence-electron chi connectivity index (χ4n) is 3.50. The largest absolute Gasteiger partial charge is 0.459 e. The van der Waals surface area contributed by atoms with Crippen LogP contribution in [-0.4, -0.2) is 12.1 Å². The zero-order chi connectivity index (χ0) is 12.1. The Hall–Kier alpha value is -0.790. The fraction of sp³-hybridized carbons (Fsp3) is 0.800. The minimum Gasteiger partial charge on any atom is -0.459 e. The Morgan fingerprint density at radius 1 is 0.941 bits per heavy atom. The van der Waals surface area contributed by atoms with E-state index in [1.165, 1.54) is 51.0 Å². The van der Waals surface area contributed by atoms with Crippen LogP contribution in [0.3, 0.4) is 0 Å². The molecule has 2 rings (SSSR count). The van der Waals surface area contributed by atoms with Gasteiger partial charge in [0.15, 0.2) is 0 Å². The van der Waals surface area contributed by atoms with Gasteiger partial charge in [-0.05, 0) is 37.5 Å². The predicted molar refractivity (Wildman–Crippen MR) is 68.6 cm³/mol. The van der Waals surface area contributed by atoms with Crippen LogP contribution >= 0.6 is 0 Å². The van der Waals surface area contributed by atoms with E-state index >= 15 is 0 Å². The molecule has 0 bridgehead atoms. The third kappa shape index (κ3) is 3.58. The van der Waals surface area contributed by atoms with Gasteiger partial charge in [0.2, 0.25) is 0 Å². The summed E-state index contributed by atoms with van der Waals surface area (Å²) in [5, 5.41) is 0. The van der Waals surface area contributed by atoms with Crippen molar-refractivity contribution in [3.63, 3.8) is 0 Å². The van der Waals surface area contributed by atoms with Gasteiger partial charge in [0.1, 0.15) is 6.10 Å². The van der Waals surface area contributed by atoms with E-state index in [1.807, 2.05) is 0 Å². The molecule has 0 aliphatic heterocycles. The van der Waals surface area contributed by atoms with Gasteiger partial charge in [-0.25, -0.2) is 4.79 Å². The Labute approximate surface area is 104 Å². The predicted octanol–water partition coefficient (Wildman–Crippen LogP) is 3.85. The molecule has 0 saturated heterocycles. The molecule has 2 saturated carbocycles. The molecule has 0 aromatic carbocycles. The van der Waals surface area contributed by atoms with E-state index in [4.69, 9.17) is 4.74 Å². The molecule has 0 radical (unpaired) electrons. The highest BCUT2D eigenvalue weighted by atomic mass is 16.5. The van der Waals surface area contributed by atoms with Crippen LogP contribution < -0.4 is 0 Å². The molecule has 0 atom stereocenters. The van der Waals surface area contributed by atoms with Gasteiger partial charge in [0.25, 0.3) is 0 Å². The Morgan fingerprint density at radius 3 is 2.12 bits per heavy atom. The first-order valence-corrected chi connectivity index (χ1v) is 7.12. The van der Waals surface area contributed by atoms with Crippen molar-refractivity contribution in [2.75, 3.05) is 0 Å². The summed E-state index contributed by atoms with van der Waals surface area (Å²) in [4.78, 5) is 11.1. The first-order chi connectivity index (χ1) is 8.29. The van der Waals surface area contributed by atoms with Crippen LogP contribution in [0.4, 0.5) is 0 Å². The monoisotopic (exact) mass is 236 g/mol. The number of rotatable bonds is 3. The van der Waals surface area contributed by atoms with E-state index in [9.17, 15) is 4.79 Å². The van der Waals surface area contributed by atoms with Crippen LogP contribution in [-0.2, 0) is 9.53 Å². The number of ether oxygens (including phenoxy) is 1. The van der Waals surface area contributed by atoms with Gasteiger partial charge in [-0.3, -0.25) is 0 Å². The minimum absolute atomic E-state index is 0.153. The van der Waals surface area contributed by atoms with E-state index in [0.717, 1.165) is 24.7 Å². The van der Waals surface area contributed by atoms with Gasteiger partial charge < -0.3 is 4.74 Å². The summed E-state index contributed by atoms with van der Waals surface area (Å²) in [6.45, 7) is 3.44. The van der Waals surface area contributed by atoms with Crippen molar-refractivity contribution in [1.29, 1.82) is 0 Å². The topological polar surface area (TPSA) is 26.3 Å². The van der Waals surface area contributed by atoms with Gasteiger partial charge in [0.05, 0.1) is 0 Å². The highest BCUT2D eigenvalue weighted by Crippen LogP contribution is 2.38. The Bertz CT molecular complexity index is 258. The quantitative estimate of drug-likeness (QED) is 0.549. The summed E-state index contributed by atoms with van der Waals surface area (Å²) in [5.74, 6) is 1.60. The first-order valence-electron chi connectivity index (χ1n) is 7.12. The van der Waals surface area contributed by atoms with Crippen molar-refractivity contribution in [3.05, 3.63) is 12.7 Å². The second kappa shape index (κ2) is 6.23. The number of carbonyl (C=O) groups is 1. The molecule has 17 heavy (non-hydrogen) atoms. The Kier molecular flexibility index (Phi) is 4.64. The van der Waals surface area contributed by atoms with Gasteiger partial charge >= 0.3 is 5.97 Å². The Morgan fingerprint density at radius 2 is 1.53 bits per heavy atom. The molecule has 2 nitrogen and oxygen atoms in total. The van der Waals surface area contributed by atoms with E-state index in [1.54, 1.807) is 0 Å². The number of hydrogen-bond donors (Lipinski definition) is 0. The molecular formula is C15H24O2. The Balaban J connectivity index is 1.73. The maximum absolute atomic E-state index is 11.1. The van der Waals surface area contributed by atoms with E-state index in [-0.39, 0.29) is 12.1 Å². The minimum atomic E-state index is -0.258. The summed E-state index contributed by atoms with van der Waals surface area (Å²) in [6, 6.07) is 0. The lowest BCUT2D eigenvalue weighted by atomic mass is 9.73. The van der Waals surface area contributed by atoms with Crippen LogP contribution in [0, 0.1) is 11.8 Å². The summed E-state index contributed by atoms with van der Waals surface area (Å²) >= 11 is 0. The summed E-state index contributed by atoms with van der Waals surface area (Å²) in [5.41, 5.74) is 0. The zero-order valence-electron chi connectivity index (χ0n) is 10.7. The van der Waals surface area contributed by atoms with Gasteiger partial charge in [-0.1, -0.05) is 38.7 Å². The zero-order valence-corrected chi connectivity index (χ0v) is 10.7. The van der Waals surface area contributed by atoms with Crippen molar-refractivity contribution >= 4 is 5.97 Å². The van der Waals surface area contributed by atoms with Crippen molar-refractivity contribution in [2.45, 2.75) is 63.9 Å². The van der Waals surface area contributed by atoms with Crippen LogP contribution in [0.15, 0.2) is 12.7 Å². The maximum Gasteiger partial charge on any atom is 0.330 e. The second-order valence-electron chi connectivity index (χ2n) is 5.58. The normalized spacial score (nSPS) is 30.8. The van der Waals surface area contributed by atoms with Crippen molar-refractivity contribution in [2.24, 2.45) is 11.8 Å². The molecule has 0 spiro atoms. The average molecular weight is 236 g/mol. The number of carbonyl (C=O) groups excluding carboxylic acids is 1. The molecule has 2 aliphatic rings. The number of esters is 1. The first kappa shape index (κ1) is 12.7. The molecule has 0 amide bonds. The van der Waals surface area contributed by atoms with Crippen LogP contribution in [0.2, 0.25) is 0 Å². The average Bonchev–Trinajstić information content (AvgIpc) is 2.40. The molecule has 2 fully saturated rings. The molecule has 0 unspecified atom stereocenters. The van der Waals surface area contributed by atoms with E-state index in [2.05, 4.69) is 6.58 Å². The lowest BCUT2D eigenvalue weighted by molar-refractivity contribution is -0.145. The van der Waals surface area contributed by atoms with Crippen LogP contribution in [0.1, 0.15) is 57.8 Å². The van der Waals surface area contributed by atoms with Crippen LogP contribution in [0.25, 0.3) is 0 Å². The van der Waals surface area contributed by atoms with Crippen molar-refractivity contribution in [1.82, 2.24) is 0 Å². The smallest absolute Gasteiger partial charge is 0.330 e. The molecule has 0 aromatic rings. The molecule has 2 heteroatoms. The SMILES string of the molecule is C=CC(=O)OC1CCC(C2CCCCC2)CC1. The highest BCUT2D eigenvalue weighted by Gasteiger charge is 2.29. The van der Waals surface area contributed by atoms with Crippen molar-refractivity contribution in [3.8, 4) is 0 Å². The lowest BCUT2D eigenvalue weighted by Gasteiger charge is -2.35. The summed E-state index contributed by atoms with van der Waals surface area (Å²) in [7, 11) is 0. The van der Waals surface area contributed by atoms with Gasteiger partial charge in [-0.2, -0.15) is 0 Å². The summed E-state index contributed by atoms with van der Waals surface area (Å²) < 4.78 is 5.32. The number of hydrogen-bond acceptors (Lipinski definition) is 2. The van der Waals surface area contributed by atoms with E-state index in [0.29, 0.717) is 0 Å². The summed E-state index contributed by atoms with van der Waals surface area (Å²) in [6.07, 6.45) is 13.2. The van der Waals surface area contributed by atoms with E-state index < -0.39 is 0 Å². The second-order valence-corrected chi connectivity index (χ2v) is 5.58.